The quantitative estimate of drug-likeness (QED) is 0.875. The van der Waals surface area contributed by atoms with E-state index in [1.165, 1.54) is 42.5 Å². The summed E-state index contributed by atoms with van der Waals surface area (Å²) in [5.74, 6) is -0.528. The number of carbonyl (C=O) groups excluding carboxylic acids is 1. The van der Waals surface area contributed by atoms with Gasteiger partial charge in [-0.15, -0.1) is 0 Å². The molecule has 3 rings (SSSR count). The first-order valence-corrected chi connectivity index (χ1v) is 9.37. The molecule has 25 heavy (non-hydrogen) atoms. The van der Waals surface area contributed by atoms with Crippen LogP contribution < -0.4 is 10.0 Å². The molecule has 0 radical (unpaired) electrons. The maximum Gasteiger partial charge on any atom is 0.321 e. The normalized spacial score (nSPS) is 14.4. The summed E-state index contributed by atoms with van der Waals surface area (Å²) in [4.78, 5) is 13.8. The number of nitrogens with one attached hydrogen (secondary N) is 2. The first kappa shape index (κ1) is 17.2. The average molecular weight is 363 g/mol. The Labute approximate surface area is 145 Å². The van der Waals surface area contributed by atoms with Gasteiger partial charge in [-0.3, -0.25) is 4.72 Å². The zero-order valence-corrected chi connectivity index (χ0v) is 14.2. The lowest BCUT2D eigenvalue weighted by Crippen LogP contribution is -2.32. The van der Waals surface area contributed by atoms with Gasteiger partial charge in [0.25, 0.3) is 10.0 Å². The first-order chi connectivity index (χ1) is 11.9. The van der Waals surface area contributed by atoms with E-state index in [0.29, 0.717) is 5.69 Å². The lowest BCUT2D eigenvalue weighted by Gasteiger charge is -2.16. The lowest BCUT2D eigenvalue weighted by molar-refractivity contribution is 0.222. The van der Waals surface area contributed by atoms with E-state index in [1.807, 2.05) is 0 Å². The summed E-state index contributed by atoms with van der Waals surface area (Å²) in [7, 11) is -3.83. The fraction of sp³-hybridized carbons (Fsp3) is 0.235. The van der Waals surface area contributed by atoms with Gasteiger partial charge in [-0.1, -0.05) is 6.07 Å². The van der Waals surface area contributed by atoms with Crippen molar-refractivity contribution in [3.05, 3.63) is 54.3 Å². The van der Waals surface area contributed by atoms with Crippen LogP contribution >= 0.6 is 0 Å². The molecule has 1 heterocycles. The van der Waals surface area contributed by atoms with Crippen LogP contribution in [0.15, 0.2) is 53.4 Å². The van der Waals surface area contributed by atoms with Gasteiger partial charge >= 0.3 is 6.03 Å². The molecule has 8 heteroatoms. The maximum absolute atomic E-state index is 13.2. The van der Waals surface area contributed by atoms with Crippen LogP contribution in [0.25, 0.3) is 0 Å². The monoisotopic (exact) mass is 363 g/mol. The van der Waals surface area contributed by atoms with Crippen molar-refractivity contribution in [3.8, 4) is 0 Å². The molecular formula is C17H18FN3O3S. The van der Waals surface area contributed by atoms with Crippen molar-refractivity contribution in [2.45, 2.75) is 17.7 Å². The number of urea groups is 1. The van der Waals surface area contributed by atoms with E-state index in [2.05, 4.69) is 10.0 Å². The molecule has 1 fully saturated rings. The molecule has 0 aliphatic carbocycles. The van der Waals surface area contributed by atoms with E-state index in [4.69, 9.17) is 0 Å². The first-order valence-electron chi connectivity index (χ1n) is 7.88. The Morgan fingerprint density at radius 1 is 1.00 bits per heavy atom. The van der Waals surface area contributed by atoms with Crippen LogP contribution in [0.3, 0.4) is 0 Å². The molecule has 2 N–H and O–H groups in total. The predicted molar refractivity (Wildman–Crippen MR) is 93.5 cm³/mol. The van der Waals surface area contributed by atoms with Crippen molar-refractivity contribution < 1.29 is 17.6 Å². The number of hydrogen-bond donors (Lipinski definition) is 2. The van der Waals surface area contributed by atoms with E-state index in [0.717, 1.165) is 32.0 Å². The topological polar surface area (TPSA) is 78.5 Å². The number of likely N-dealkylation sites (tertiary alicyclic amines) is 1. The number of benzene rings is 2. The van der Waals surface area contributed by atoms with Crippen LogP contribution in [-0.4, -0.2) is 32.4 Å². The smallest absolute Gasteiger partial charge is 0.321 e. The molecule has 0 unspecified atom stereocenters. The molecule has 2 aromatic carbocycles. The van der Waals surface area contributed by atoms with Gasteiger partial charge in [0.05, 0.1) is 10.6 Å². The van der Waals surface area contributed by atoms with Crippen molar-refractivity contribution in [2.75, 3.05) is 23.1 Å². The second-order valence-corrected chi connectivity index (χ2v) is 7.45. The largest absolute Gasteiger partial charge is 0.325 e. The molecule has 0 spiro atoms. The summed E-state index contributed by atoms with van der Waals surface area (Å²) in [6.07, 6.45) is 1.99. The lowest BCUT2D eigenvalue weighted by atomic mass is 10.3. The number of carbonyl (C=O) groups is 1. The van der Waals surface area contributed by atoms with E-state index in [1.54, 1.807) is 4.90 Å². The summed E-state index contributed by atoms with van der Waals surface area (Å²) < 4.78 is 40.1. The number of amides is 2. The van der Waals surface area contributed by atoms with Crippen molar-refractivity contribution in [1.29, 1.82) is 0 Å². The fourth-order valence-corrected chi connectivity index (χ4v) is 3.66. The minimum Gasteiger partial charge on any atom is -0.325 e. The summed E-state index contributed by atoms with van der Waals surface area (Å²) in [6, 6.07) is 10.9. The number of halogens is 1. The number of sulfonamides is 1. The minimum absolute atomic E-state index is 0.0240. The number of nitrogens with zero attached hydrogens (tertiary/aromatic N) is 1. The maximum atomic E-state index is 13.2. The Morgan fingerprint density at radius 2 is 1.68 bits per heavy atom. The summed E-state index contributed by atoms with van der Waals surface area (Å²) in [5.41, 5.74) is 0.660. The Bertz CT molecular complexity index is 863. The standard InChI is InChI=1S/C17H18FN3O3S/c18-13-4-3-5-15(12-13)20-25(23,24)16-8-6-14(7-9-16)19-17(22)21-10-1-2-11-21/h3-9,12,20H,1-2,10-11H2,(H,19,22). The highest BCUT2D eigenvalue weighted by Gasteiger charge is 2.18. The third-order valence-corrected chi connectivity index (χ3v) is 5.28. The fourth-order valence-electron chi connectivity index (χ4n) is 2.61. The van der Waals surface area contributed by atoms with Crippen LogP contribution in [0.1, 0.15) is 12.8 Å². The SMILES string of the molecule is O=C(Nc1ccc(S(=O)(=O)Nc2cccc(F)c2)cc1)N1CCCC1. The molecular weight excluding hydrogens is 345 g/mol. The van der Waals surface area contributed by atoms with Gasteiger partial charge in [0.2, 0.25) is 0 Å². The van der Waals surface area contributed by atoms with Crippen molar-refractivity contribution in [3.63, 3.8) is 0 Å². The Morgan fingerprint density at radius 3 is 2.32 bits per heavy atom. The van der Waals surface area contributed by atoms with Gasteiger partial charge in [0, 0.05) is 18.8 Å². The van der Waals surface area contributed by atoms with Crippen LogP contribution in [0.2, 0.25) is 0 Å². The van der Waals surface area contributed by atoms with E-state index >= 15 is 0 Å². The number of anilines is 2. The Hall–Kier alpha value is -2.61. The van der Waals surface area contributed by atoms with Gasteiger partial charge in [-0.05, 0) is 55.3 Å². The highest BCUT2D eigenvalue weighted by atomic mass is 32.2. The summed E-state index contributed by atoms with van der Waals surface area (Å²) >= 11 is 0. The van der Waals surface area contributed by atoms with Crippen LogP contribution in [0.4, 0.5) is 20.6 Å². The van der Waals surface area contributed by atoms with Gasteiger partial charge < -0.3 is 10.2 Å². The van der Waals surface area contributed by atoms with E-state index in [9.17, 15) is 17.6 Å². The van der Waals surface area contributed by atoms with Crippen molar-refractivity contribution >= 4 is 27.4 Å². The van der Waals surface area contributed by atoms with Crippen LogP contribution in [0.5, 0.6) is 0 Å². The molecule has 132 valence electrons. The van der Waals surface area contributed by atoms with Gasteiger partial charge in [-0.25, -0.2) is 17.6 Å². The summed E-state index contributed by atoms with van der Waals surface area (Å²) in [5, 5.41) is 2.74. The second-order valence-electron chi connectivity index (χ2n) is 5.76. The predicted octanol–water partition coefficient (Wildman–Crippen LogP) is 3.25. The molecule has 0 atom stereocenters. The van der Waals surface area contributed by atoms with Crippen molar-refractivity contribution in [1.82, 2.24) is 4.90 Å². The van der Waals surface area contributed by atoms with Gasteiger partial charge in [0.1, 0.15) is 5.82 Å². The molecule has 1 saturated heterocycles. The molecule has 1 aliphatic rings. The molecule has 6 nitrogen and oxygen atoms in total. The van der Waals surface area contributed by atoms with Crippen molar-refractivity contribution in [2.24, 2.45) is 0 Å². The molecule has 2 amide bonds. The summed E-state index contributed by atoms with van der Waals surface area (Å²) in [6.45, 7) is 1.46. The minimum atomic E-state index is -3.83. The second kappa shape index (κ2) is 7.10. The average Bonchev–Trinajstić information content (AvgIpc) is 3.09. The van der Waals surface area contributed by atoms with Crippen LogP contribution in [0, 0.1) is 5.82 Å². The zero-order chi connectivity index (χ0) is 17.9. The molecule has 0 saturated carbocycles. The Balaban J connectivity index is 1.69. The van der Waals surface area contributed by atoms with Gasteiger partial charge in [0.15, 0.2) is 0 Å². The highest BCUT2D eigenvalue weighted by molar-refractivity contribution is 7.92. The molecule has 0 bridgehead atoms. The van der Waals surface area contributed by atoms with Crippen LogP contribution in [-0.2, 0) is 10.0 Å². The van der Waals surface area contributed by atoms with E-state index in [-0.39, 0.29) is 16.6 Å². The number of rotatable bonds is 4. The highest BCUT2D eigenvalue weighted by Crippen LogP contribution is 2.19. The third-order valence-electron chi connectivity index (χ3n) is 3.89. The zero-order valence-electron chi connectivity index (χ0n) is 13.4. The molecule has 2 aromatic rings. The van der Waals surface area contributed by atoms with Gasteiger partial charge in [-0.2, -0.15) is 0 Å². The molecule has 0 aromatic heterocycles. The Kier molecular flexibility index (Phi) is 4.89. The molecule has 1 aliphatic heterocycles. The third kappa shape index (κ3) is 4.27. The number of hydrogen-bond acceptors (Lipinski definition) is 3. The van der Waals surface area contributed by atoms with E-state index < -0.39 is 15.8 Å².